The predicted octanol–water partition coefficient (Wildman–Crippen LogP) is 8.67. The molecule has 0 aliphatic heterocycles. The summed E-state index contributed by atoms with van der Waals surface area (Å²) in [5, 5.41) is 36.6. The van der Waals surface area contributed by atoms with Gasteiger partial charge in [-0.05, 0) is 47.5 Å². The third kappa shape index (κ3) is 6.19. The number of aromatic hydroxyl groups is 2. The van der Waals surface area contributed by atoms with E-state index in [-0.39, 0.29) is 55.4 Å². The Morgan fingerprint density at radius 1 is 0.458 bits per heavy atom. The van der Waals surface area contributed by atoms with Crippen LogP contribution in [-0.4, -0.2) is 36.2 Å². The molecule has 0 aliphatic carbocycles. The normalized spacial score (nSPS) is 12.5. The maximum absolute atomic E-state index is 15.1. The largest absolute Gasteiger partial charge is 0.505 e. The van der Waals surface area contributed by atoms with Crippen molar-refractivity contribution in [3.05, 3.63) is 109 Å². The van der Waals surface area contributed by atoms with Crippen molar-refractivity contribution in [2.24, 2.45) is 20.5 Å². The summed E-state index contributed by atoms with van der Waals surface area (Å²) in [5.74, 6) is -2.67. The molecule has 0 fully saturated rings. The quantitative estimate of drug-likeness (QED) is 0.0941. The van der Waals surface area contributed by atoms with Crippen molar-refractivity contribution in [2.45, 2.75) is 9.79 Å². The minimum absolute atomic E-state index is 0.0461. The lowest BCUT2D eigenvalue weighted by Crippen LogP contribution is -1.99. The van der Waals surface area contributed by atoms with Crippen molar-refractivity contribution < 1.29 is 44.9 Å². The van der Waals surface area contributed by atoms with Crippen molar-refractivity contribution >= 4 is 64.5 Å². The highest BCUT2D eigenvalue weighted by Crippen LogP contribution is 2.41. The van der Waals surface area contributed by atoms with Crippen LogP contribution in [0.5, 0.6) is 11.5 Å². The molecule has 6 aromatic rings. The molecule has 0 radical (unpaired) electrons. The summed E-state index contributed by atoms with van der Waals surface area (Å²) in [6, 6.07) is 20.8. The Bertz CT molecular complexity index is 2400. The standard InChI is InChI=1S/C32H20F2N4O8S2/c33-23-13-17(9-11-25(23)35-37-27-15-29(47(41,42)43)19-5-1-3-7-21(19)31(27)39)18-10-12-26(24(34)14-18)36-38-28-16-30(48(44,45)46)20-6-2-4-8-22(20)32(28)40/h1-16,39-40H,(H,41,42,43)(H,44,45,46)/b37-35+,38-36+. The molecule has 0 aliphatic rings. The van der Waals surface area contributed by atoms with Gasteiger partial charge in [-0.2, -0.15) is 16.8 Å². The number of phenols is 2. The van der Waals surface area contributed by atoms with Gasteiger partial charge in [0.1, 0.15) is 32.5 Å². The van der Waals surface area contributed by atoms with E-state index in [1.54, 1.807) is 0 Å². The molecule has 48 heavy (non-hydrogen) atoms. The van der Waals surface area contributed by atoms with Gasteiger partial charge in [-0.1, -0.05) is 60.7 Å². The highest BCUT2D eigenvalue weighted by atomic mass is 32.2. The Labute approximate surface area is 270 Å². The molecule has 4 N–H and O–H groups in total. The molecule has 0 spiro atoms. The minimum Gasteiger partial charge on any atom is -0.505 e. The Kier molecular flexibility index (Phi) is 8.18. The van der Waals surface area contributed by atoms with Gasteiger partial charge in [0.05, 0.1) is 0 Å². The van der Waals surface area contributed by atoms with E-state index < -0.39 is 53.2 Å². The zero-order chi connectivity index (χ0) is 34.4. The number of fused-ring (bicyclic) bond motifs is 2. The van der Waals surface area contributed by atoms with E-state index >= 15 is 8.78 Å². The smallest absolute Gasteiger partial charge is 0.295 e. The lowest BCUT2D eigenvalue weighted by molar-refractivity contribution is 0.477. The van der Waals surface area contributed by atoms with Gasteiger partial charge >= 0.3 is 0 Å². The van der Waals surface area contributed by atoms with Crippen LogP contribution < -0.4 is 0 Å². The van der Waals surface area contributed by atoms with Crippen LogP contribution in [0.2, 0.25) is 0 Å². The molecule has 0 unspecified atom stereocenters. The molecule has 6 aromatic carbocycles. The highest BCUT2D eigenvalue weighted by molar-refractivity contribution is 7.86. The predicted molar refractivity (Wildman–Crippen MR) is 171 cm³/mol. The first-order valence-electron chi connectivity index (χ1n) is 13.6. The average molecular weight is 691 g/mol. The van der Waals surface area contributed by atoms with Gasteiger partial charge in [0.25, 0.3) is 20.2 Å². The van der Waals surface area contributed by atoms with Crippen LogP contribution in [0.1, 0.15) is 0 Å². The molecular formula is C32H20F2N4O8S2. The second kappa shape index (κ2) is 12.2. The van der Waals surface area contributed by atoms with Gasteiger partial charge in [0, 0.05) is 21.5 Å². The summed E-state index contributed by atoms with van der Waals surface area (Å²) in [6.45, 7) is 0. The number of halogens is 2. The van der Waals surface area contributed by atoms with E-state index in [1.807, 2.05) is 0 Å². The van der Waals surface area contributed by atoms with Gasteiger partial charge in [0.2, 0.25) is 0 Å². The summed E-state index contributed by atoms with van der Waals surface area (Å²) < 4.78 is 97.1. The Morgan fingerprint density at radius 3 is 1.12 bits per heavy atom. The molecular weight excluding hydrogens is 671 g/mol. The van der Waals surface area contributed by atoms with E-state index in [4.69, 9.17) is 0 Å². The summed E-state index contributed by atoms with van der Waals surface area (Å²) >= 11 is 0. The number of nitrogens with zero attached hydrogens (tertiary/aromatic N) is 4. The van der Waals surface area contributed by atoms with Gasteiger partial charge < -0.3 is 10.2 Å². The zero-order valence-electron chi connectivity index (χ0n) is 24.0. The fourth-order valence-electron chi connectivity index (χ4n) is 4.96. The molecule has 0 amide bonds. The number of hydrogen-bond acceptors (Lipinski definition) is 10. The van der Waals surface area contributed by atoms with Crippen LogP contribution in [0.4, 0.5) is 31.5 Å². The molecule has 16 heteroatoms. The van der Waals surface area contributed by atoms with Crippen molar-refractivity contribution in [3.8, 4) is 22.6 Å². The fourth-order valence-corrected chi connectivity index (χ4v) is 6.39. The molecule has 242 valence electrons. The van der Waals surface area contributed by atoms with Crippen molar-refractivity contribution in [3.63, 3.8) is 0 Å². The Hall–Kier alpha value is -5.68. The first-order valence-corrected chi connectivity index (χ1v) is 16.5. The molecule has 0 saturated heterocycles. The molecule has 0 bridgehead atoms. The summed E-state index contributed by atoms with van der Waals surface area (Å²) in [5.41, 5.74) is -0.845. The van der Waals surface area contributed by atoms with Crippen molar-refractivity contribution in [2.75, 3.05) is 0 Å². The van der Waals surface area contributed by atoms with E-state index in [1.165, 1.54) is 72.8 Å². The first kappa shape index (κ1) is 32.3. The third-order valence-electron chi connectivity index (χ3n) is 7.23. The molecule has 0 saturated carbocycles. The summed E-state index contributed by atoms with van der Waals surface area (Å²) in [4.78, 5) is -1.05. The number of benzene rings is 6. The second-order valence-corrected chi connectivity index (χ2v) is 13.0. The van der Waals surface area contributed by atoms with Crippen molar-refractivity contribution in [1.29, 1.82) is 0 Å². The number of azo groups is 2. The van der Waals surface area contributed by atoms with Gasteiger partial charge in [0.15, 0.2) is 23.1 Å². The van der Waals surface area contributed by atoms with Crippen molar-refractivity contribution in [1.82, 2.24) is 0 Å². The maximum Gasteiger partial charge on any atom is 0.295 e. The van der Waals surface area contributed by atoms with Crippen LogP contribution in [-0.2, 0) is 20.2 Å². The second-order valence-electron chi connectivity index (χ2n) is 10.3. The minimum atomic E-state index is -4.71. The zero-order valence-corrected chi connectivity index (χ0v) is 25.7. The Balaban J connectivity index is 1.28. The van der Waals surface area contributed by atoms with Crippen LogP contribution in [0.3, 0.4) is 0 Å². The van der Waals surface area contributed by atoms with Crippen LogP contribution >= 0.6 is 0 Å². The van der Waals surface area contributed by atoms with Crippen LogP contribution in [0.15, 0.2) is 127 Å². The number of phenolic OH excluding ortho intramolecular Hbond substituents is 2. The van der Waals surface area contributed by atoms with E-state index in [0.29, 0.717) is 0 Å². The van der Waals surface area contributed by atoms with Gasteiger partial charge in [-0.15, -0.1) is 20.5 Å². The monoisotopic (exact) mass is 690 g/mol. The Morgan fingerprint density at radius 2 is 0.792 bits per heavy atom. The molecule has 0 heterocycles. The fraction of sp³-hybridized carbons (Fsp3) is 0. The molecule has 6 rings (SSSR count). The summed E-state index contributed by atoms with van der Waals surface area (Å²) in [7, 11) is -9.42. The third-order valence-corrected chi connectivity index (χ3v) is 9.02. The number of rotatable bonds is 7. The molecule has 12 nitrogen and oxygen atoms in total. The molecule has 0 atom stereocenters. The number of hydrogen-bond donors (Lipinski definition) is 4. The lowest BCUT2D eigenvalue weighted by Gasteiger charge is -2.09. The van der Waals surface area contributed by atoms with Crippen LogP contribution in [0.25, 0.3) is 32.7 Å². The van der Waals surface area contributed by atoms with E-state index in [0.717, 1.165) is 24.3 Å². The van der Waals surface area contributed by atoms with Gasteiger partial charge in [-0.25, -0.2) is 8.78 Å². The first-order chi connectivity index (χ1) is 22.7. The SMILES string of the molecule is O=S(=O)(O)c1cc(/N=N/c2ccc(-c3ccc(/N=N/c4cc(S(=O)(=O)O)c5ccccc5c4O)c(F)c3)cc2F)c(O)c2ccccc12. The van der Waals surface area contributed by atoms with Gasteiger partial charge in [-0.3, -0.25) is 9.11 Å². The topological polar surface area (TPSA) is 199 Å². The van der Waals surface area contributed by atoms with E-state index in [2.05, 4.69) is 20.5 Å². The average Bonchev–Trinajstić information content (AvgIpc) is 3.04. The van der Waals surface area contributed by atoms with E-state index in [9.17, 15) is 36.2 Å². The lowest BCUT2D eigenvalue weighted by atomic mass is 10.0. The highest BCUT2D eigenvalue weighted by Gasteiger charge is 2.21. The van der Waals surface area contributed by atoms with Crippen LogP contribution in [0, 0.1) is 11.6 Å². The maximum atomic E-state index is 15.1. The summed E-state index contributed by atoms with van der Waals surface area (Å²) in [6.07, 6.45) is 0. The molecule has 0 aromatic heterocycles.